The molecular formula is C16H26N6O. The van der Waals surface area contributed by atoms with Crippen LogP contribution in [0.1, 0.15) is 45.0 Å². The second kappa shape index (κ2) is 7.23. The third-order valence-corrected chi connectivity index (χ3v) is 4.53. The number of nitrogens with one attached hydrogen (secondary N) is 2. The van der Waals surface area contributed by atoms with Gasteiger partial charge in [-0.2, -0.15) is 0 Å². The monoisotopic (exact) mass is 318 g/mol. The van der Waals surface area contributed by atoms with Crippen LogP contribution in [0.4, 0.5) is 5.82 Å². The number of H-pyrrole nitrogens is 1. The highest BCUT2D eigenvalue weighted by Crippen LogP contribution is 2.23. The number of hydrogen-bond acceptors (Lipinski definition) is 6. The quantitative estimate of drug-likeness (QED) is 0.753. The molecule has 0 radical (unpaired) electrons. The molecule has 1 aliphatic rings. The second-order valence-corrected chi connectivity index (χ2v) is 6.59. The van der Waals surface area contributed by atoms with Crippen molar-refractivity contribution >= 4 is 17.0 Å². The highest BCUT2D eigenvalue weighted by Gasteiger charge is 2.21. The van der Waals surface area contributed by atoms with Crippen LogP contribution in [0.5, 0.6) is 0 Å². The van der Waals surface area contributed by atoms with E-state index in [1.807, 2.05) is 0 Å². The Kier molecular flexibility index (Phi) is 5.07. The number of imidazole rings is 1. The van der Waals surface area contributed by atoms with E-state index in [4.69, 9.17) is 10.5 Å². The van der Waals surface area contributed by atoms with Crippen molar-refractivity contribution in [1.82, 2.24) is 25.3 Å². The van der Waals surface area contributed by atoms with Crippen molar-refractivity contribution in [2.45, 2.75) is 39.2 Å². The van der Waals surface area contributed by atoms with Crippen LogP contribution < -0.4 is 11.1 Å². The van der Waals surface area contributed by atoms with Crippen LogP contribution in [0.2, 0.25) is 0 Å². The van der Waals surface area contributed by atoms with Gasteiger partial charge in [0, 0.05) is 13.2 Å². The van der Waals surface area contributed by atoms with Crippen molar-refractivity contribution in [2.24, 2.45) is 11.8 Å². The van der Waals surface area contributed by atoms with Gasteiger partial charge < -0.3 is 20.8 Å². The maximum absolute atomic E-state index is 6.02. The predicted octanol–water partition coefficient (Wildman–Crippen LogP) is 2.04. The Morgan fingerprint density at radius 2 is 2.13 bits per heavy atom. The molecule has 1 fully saturated rings. The summed E-state index contributed by atoms with van der Waals surface area (Å²) in [5.41, 5.74) is 7.36. The minimum atomic E-state index is 0.0817. The third kappa shape index (κ3) is 3.79. The summed E-state index contributed by atoms with van der Waals surface area (Å²) in [5, 5.41) is 3.61. The molecule has 2 aromatic rings. The van der Waals surface area contributed by atoms with E-state index in [0.717, 1.165) is 50.8 Å². The molecule has 0 bridgehead atoms. The van der Waals surface area contributed by atoms with Crippen molar-refractivity contribution in [3.8, 4) is 0 Å². The Balaban J connectivity index is 1.67. The molecule has 126 valence electrons. The highest BCUT2D eigenvalue weighted by atomic mass is 16.5. The zero-order chi connectivity index (χ0) is 16.2. The fourth-order valence-corrected chi connectivity index (χ4v) is 3.12. The number of aromatic amines is 1. The van der Waals surface area contributed by atoms with Crippen LogP contribution >= 0.6 is 0 Å². The molecule has 3 heterocycles. The fraction of sp³-hybridized carbons (Fsp3) is 0.688. The average Bonchev–Trinajstić information content (AvgIpc) is 3.01. The molecule has 3 rings (SSSR count). The topological polar surface area (TPSA) is 102 Å². The molecule has 1 saturated heterocycles. The first kappa shape index (κ1) is 16.1. The summed E-state index contributed by atoms with van der Waals surface area (Å²) in [6, 6.07) is 0.0817. The molecule has 2 aromatic heterocycles. The van der Waals surface area contributed by atoms with Crippen LogP contribution in [0.15, 0.2) is 6.33 Å². The van der Waals surface area contributed by atoms with Gasteiger partial charge in [-0.05, 0) is 37.6 Å². The van der Waals surface area contributed by atoms with Gasteiger partial charge in [0.25, 0.3) is 0 Å². The summed E-state index contributed by atoms with van der Waals surface area (Å²) < 4.78 is 5.42. The van der Waals surface area contributed by atoms with E-state index in [1.165, 1.54) is 0 Å². The number of rotatable bonds is 6. The molecule has 1 unspecified atom stereocenters. The summed E-state index contributed by atoms with van der Waals surface area (Å²) in [6.07, 6.45) is 5.09. The lowest BCUT2D eigenvalue weighted by Gasteiger charge is -2.25. The minimum Gasteiger partial charge on any atom is -0.382 e. The number of hydrogen-bond donors (Lipinski definition) is 3. The van der Waals surface area contributed by atoms with Crippen LogP contribution in [0, 0.1) is 11.8 Å². The molecule has 0 spiro atoms. The molecule has 1 atom stereocenters. The summed E-state index contributed by atoms with van der Waals surface area (Å²) in [5.74, 6) is 2.31. The van der Waals surface area contributed by atoms with Gasteiger partial charge in [0.1, 0.15) is 5.52 Å². The first-order chi connectivity index (χ1) is 11.1. The van der Waals surface area contributed by atoms with E-state index in [0.29, 0.717) is 22.9 Å². The Morgan fingerprint density at radius 3 is 2.87 bits per heavy atom. The molecule has 0 aromatic carbocycles. The van der Waals surface area contributed by atoms with E-state index in [-0.39, 0.29) is 6.04 Å². The van der Waals surface area contributed by atoms with Crippen LogP contribution in [-0.2, 0) is 4.74 Å². The second-order valence-electron chi connectivity index (χ2n) is 6.59. The fourth-order valence-electron chi connectivity index (χ4n) is 3.12. The van der Waals surface area contributed by atoms with Crippen LogP contribution in [0.3, 0.4) is 0 Å². The van der Waals surface area contributed by atoms with E-state index in [1.54, 1.807) is 6.33 Å². The number of ether oxygens (including phenoxy) is 1. The molecule has 23 heavy (non-hydrogen) atoms. The first-order valence-electron chi connectivity index (χ1n) is 8.42. The Labute approximate surface area is 136 Å². The maximum Gasteiger partial charge on any atom is 0.183 e. The van der Waals surface area contributed by atoms with Gasteiger partial charge in [-0.25, -0.2) is 15.0 Å². The summed E-state index contributed by atoms with van der Waals surface area (Å²) in [4.78, 5) is 16.2. The summed E-state index contributed by atoms with van der Waals surface area (Å²) in [7, 11) is 0. The van der Waals surface area contributed by atoms with Gasteiger partial charge in [-0.3, -0.25) is 0 Å². The van der Waals surface area contributed by atoms with E-state index >= 15 is 0 Å². The van der Waals surface area contributed by atoms with Crippen LogP contribution in [0.25, 0.3) is 11.2 Å². The number of aromatic nitrogens is 4. The Bertz CT molecular complexity index is 635. The van der Waals surface area contributed by atoms with E-state index in [2.05, 4.69) is 39.1 Å². The standard InChI is InChI=1S/C16H26N6O/c1-10(2)12(18-6-3-11-4-7-23-8-5-11)16-21-14(17)13-15(22-16)20-9-19-13/h9-12,18H,3-8H2,1-2H3,(H3,17,19,20,21,22). The Hall–Kier alpha value is -1.73. The molecule has 1 aliphatic heterocycles. The summed E-state index contributed by atoms with van der Waals surface area (Å²) in [6.45, 7) is 7.08. The highest BCUT2D eigenvalue weighted by molar-refractivity contribution is 5.80. The van der Waals surface area contributed by atoms with Gasteiger partial charge in [0.2, 0.25) is 0 Å². The minimum absolute atomic E-state index is 0.0817. The SMILES string of the molecule is CC(C)C(NCCC1CCOCC1)c1nc(N)c2[nH]cnc2n1. The third-order valence-electron chi connectivity index (χ3n) is 4.53. The molecule has 7 heteroatoms. The number of anilines is 1. The van der Waals surface area contributed by atoms with E-state index in [9.17, 15) is 0 Å². The van der Waals surface area contributed by atoms with Crippen molar-refractivity contribution in [2.75, 3.05) is 25.5 Å². The van der Waals surface area contributed by atoms with E-state index < -0.39 is 0 Å². The number of nitrogens with zero attached hydrogens (tertiary/aromatic N) is 3. The zero-order valence-corrected chi connectivity index (χ0v) is 13.9. The lowest BCUT2D eigenvalue weighted by atomic mass is 9.96. The smallest absolute Gasteiger partial charge is 0.183 e. The number of fused-ring (bicyclic) bond motifs is 1. The average molecular weight is 318 g/mol. The van der Waals surface area contributed by atoms with Crippen molar-refractivity contribution in [3.05, 3.63) is 12.2 Å². The van der Waals surface area contributed by atoms with Gasteiger partial charge in [0.15, 0.2) is 17.3 Å². The molecule has 0 aliphatic carbocycles. The Morgan fingerprint density at radius 1 is 1.35 bits per heavy atom. The normalized spacial score (nSPS) is 17.9. The predicted molar refractivity (Wildman–Crippen MR) is 89.8 cm³/mol. The number of nitrogen functional groups attached to an aromatic ring is 1. The largest absolute Gasteiger partial charge is 0.382 e. The van der Waals surface area contributed by atoms with Gasteiger partial charge in [-0.1, -0.05) is 13.8 Å². The molecule has 0 saturated carbocycles. The van der Waals surface area contributed by atoms with Crippen molar-refractivity contribution < 1.29 is 4.74 Å². The van der Waals surface area contributed by atoms with Crippen LogP contribution in [-0.4, -0.2) is 39.7 Å². The molecule has 4 N–H and O–H groups in total. The molecule has 0 amide bonds. The zero-order valence-electron chi connectivity index (χ0n) is 13.9. The first-order valence-corrected chi connectivity index (χ1v) is 8.42. The van der Waals surface area contributed by atoms with Gasteiger partial charge >= 0.3 is 0 Å². The molecular weight excluding hydrogens is 292 g/mol. The van der Waals surface area contributed by atoms with Gasteiger partial charge in [0.05, 0.1) is 12.4 Å². The van der Waals surface area contributed by atoms with Crippen molar-refractivity contribution in [3.63, 3.8) is 0 Å². The maximum atomic E-state index is 6.02. The van der Waals surface area contributed by atoms with Gasteiger partial charge in [-0.15, -0.1) is 0 Å². The van der Waals surface area contributed by atoms with Crippen molar-refractivity contribution in [1.29, 1.82) is 0 Å². The number of nitrogens with two attached hydrogens (primary N) is 1. The lowest BCUT2D eigenvalue weighted by Crippen LogP contribution is -2.30. The summed E-state index contributed by atoms with van der Waals surface area (Å²) >= 11 is 0. The lowest BCUT2D eigenvalue weighted by molar-refractivity contribution is 0.0635. The molecule has 7 nitrogen and oxygen atoms in total.